The number of amides is 1. The first-order valence-electron chi connectivity index (χ1n) is 8.97. The molecule has 1 atom stereocenters. The van der Waals surface area contributed by atoms with Gasteiger partial charge in [0.15, 0.2) is 12.4 Å². The van der Waals surface area contributed by atoms with Crippen LogP contribution in [0.2, 0.25) is 0 Å². The molecule has 0 aliphatic carbocycles. The minimum atomic E-state index is -0.701. The van der Waals surface area contributed by atoms with Crippen LogP contribution in [-0.2, 0) is 16.1 Å². The highest BCUT2D eigenvalue weighted by Crippen LogP contribution is 2.14. The third-order valence-electron chi connectivity index (χ3n) is 3.99. The molecule has 0 bridgehead atoms. The van der Waals surface area contributed by atoms with Crippen molar-refractivity contribution in [3.8, 4) is 5.75 Å². The Kier molecular flexibility index (Phi) is 7.71. The topological polar surface area (TPSA) is 108 Å². The van der Waals surface area contributed by atoms with Crippen molar-refractivity contribution in [3.05, 3.63) is 65.2 Å². The Hall–Kier alpha value is -3.19. The number of benzene rings is 2. The van der Waals surface area contributed by atoms with Crippen LogP contribution < -0.4 is 15.8 Å². The molecule has 0 saturated carbocycles. The van der Waals surface area contributed by atoms with Gasteiger partial charge >= 0.3 is 5.97 Å². The van der Waals surface area contributed by atoms with E-state index in [-0.39, 0.29) is 24.9 Å². The van der Waals surface area contributed by atoms with Gasteiger partial charge in [0.05, 0.1) is 12.6 Å². The normalized spacial score (nSPS) is 11.4. The van der Waals surface area contributed by atoms with Crippen molar-refractivity contribution in [1.29, 1.82) is 0 Å². The fourth-order valence-corrected chi connectivity index (χ4v) is 2.45. The summed E-state index contributed by atoms with van der Waals surface area (Å²) in [6.45, 7) is 3.83. The summed E-state index contributed by atoms with van der Waals surface area (Å²) in [7, 11) is 0. The molecule has 0 aromatic heterocycles. The lowest BCUT2D eigenvalue weighted by molar-refractivity contribution is -0.145. The summed E-state index contributed by atoms with van der Waals surface area (Å²) in [5, 5.41) is 2.69. The van der Waals surface area contributed by atoms with E-state index in [9.17, 15) is 14.4 Å². The lowest BCUT2D eigenvalue weighted by Crippen LogP contribution is -2.38. The first-order valence-corrected chi connectivity index (χ1v) is 8.97. The average Bonchev–Trinajstić information content (AvgIpc) is 2.72. The van der Waals surface area contributed by atoms with Crippen molar-refractivity contribution in [2.24, 2.45) is 5.73 Å². The summed E-state index contributed by atoms with van der Waals surface area (Å²) in [4.78, 5) is 36.1. The molecule has 2 rings (SSSR count). The number of ketones is 1. The Balaban J connectivity index is 1.92. The summed E-state index contributed by atoms with van der Waals surface area (Å²) < 4.78 is 10.1. The molecule has 7 nitrogen and oxygen atoms in total. The van der Waals surface area contributed by atoms with E-state index in [0.717, 1.165) is 5.56 Å². The number of carbonyl (C=O) groups excluding carboxylic acids is 3. The number of ether oxygens (including phenoxy) is 2. The maximum absolute atomic E-state index is 12.5. The Morgan fingerprint density at radius 3 is 2.18 bits per heavy atom. The molecule has 0 aliphatic rings. The predicted octanol–water partition coefficient (Wildman–Crippen LogP) is 2.09. The van der Waals surface area contributed by atoms with Gasteiger partial charge in [-0.3, -0.25) is 9.59 Å². The van der Waals surface area contributed by atoms with Gasteiger partial charge in [0.2, 0.25) is 0 Å². The second-order valence-corrected chi connectivity index (χ2v) is 6.08. The van der Waals surface area contributed by atoms with Gasteiger partial charge in [-0.25, -0.2) is 4.79 Å². The lowest BCUT2D eigenvalue weighted by Gasteiger charge is -2.14. The third kappa shape index (κ3) is 5.92. The first kappa shape index (κ1) is 21.1. The molecular formula is C21H24N2O5. The molecule has 0 fully saturated rings. The van der Waals surface area contributed by atoms with Gasteiger partial charge in [-0.05, 0) is 55.8 Å². The Bertz CT molecular complexity index is 816. The smallest absolute Gasteiger partial charge is 0.344 e. The van der Waals surface area contributed by atoms with E-state index in [1.165, 1.54) is 0 Å². The van der Waals surface area contributed by atoms with Crippen LogP contribution in [0, 0.1) is 0 Å². The summed E-state index contributed by atoms with van der Waals surface area (Å²) in [6.07, 6.45) is 0. The second-order valence-electron chi connectivity index (χ2n) is 6.08. The number of carbonyl (C=O) groups is 3. The Morgan fingerprint density at radius 1 is 1.00 bits per heavy atom. The van der Waals surface area contributed by atoms with E-state index in [1.54, 1.807) is 62.4 Å². The quantitative estimate of drug-likeness (QED) is 0.506. The van der Waals surface area contributed by atoms with E-state index in [1.807, 2.05) is 0 Å². The zero-order valence-electron chi connectivity index (χ0n) is 15.9. The minimum Gasteiger partial charge on any atom is -0.482 e. The van der Waals surface area contributed by atoms with Crippen LogP contribution in [-0.4, -0.2) is 36.9 Å². The van der Waals surface area contributed by atoms with Crippen molar-refractivity contribution in [3.63, 3.8) is 0 Å². The molecule has 1 unspecified atom stereocenters. The van der Waals surface area contributed by atoms with Crippen molar-refractivity contribution in [1.82, 2.24) is 5.32 Å². The maximum Gasteiger partial charge on any atom is 0.344 e. The van der Waals surface area contributed by atoms with E-state index in [2.05, 4.69) is 5.32 Å². The number of nitrogens with two attached hydrogens (primary N) is 1. The molecule has 0 spiro atoms. The first-order chi connectivity index (χ1) is 13.4. The highest BCUT2D eigenvalue weighted by atomic mass is 16.6. The fourth-order valence-electron chi connectivity index (χ4n) is 2.45. The predicted molar refractivity (Wildman–Crippen MR) is 104 cm³/mol. The number of hydrogen-bond acceptors (Lipinski definition) is 6. The molecule has 2 aromatic rings. The standard InChI is InChI=1S/C21H24N2O5/c1-3-27-19(24)13-28-18-10-8-16(9-11-18)20(25)14(2)23-21(26)17-6-4-15(12-22)5-7-17/h4-11,14H,3,12-13,22H2,1-2H3,(H,23,26). The summed E-state index contributed by atoms with van der Waals surface area (Å²) in [5.41, 5.74) is 7.35. The van der Waals surface area contributed by atoms with Crippen molar-refractivity contribution >= 4 is 17.7 Å². The summed E-state index contributed by atoms with van der Waals surface area (Å²) in [5.74, 6) is -0.581. The largest absolute Gasteiger partial charge is 0.482 e. The van der Waals surface area contributed by atoms with Gasteiger partial charge < -0.3 is 20.5 Å². The minimum absolute atomic E-state index is 0.198. The molecule has 0 saturated heterocycles. The van der Waals surface area contributed by atoms with Crippen LogP contribution in [0.5, 0.6) is 5.75 Å². The van der Waals surface area contributed by atoms with Gasteiger partial charge in [0.25, 0.3) is 5.91 Å². The van der Waals surface area contributed by atoms with Crippen molar-refractivity contribution < 1.29 is 23.9 Å². The summed E-state index contributed by atoms with van der Waals surface area (Å²) in [6, 6.07) is 12.5. The molecule has 0 aliphatic heterocycles. The zero-order chi connectivity index (χ0) is 20.5. The van der Waals surface area contributed by atoms with E-state index in [4.69, 9.17) is 15.2 Å². The molecule has 28 heavy (non-hydrogen) atoms. The molecule has 148 valence electrons. The van der Waals surface area contributed by atoms with Crippen LogP contribution in [0.15, 0.2) is 48.5 Å². The third-order valence-corrected chi connectivity index (χ3v) is 3.99. The van der Waals surface area contributed by atoms with Crippen LogP contribution in [0.3, 0.4) is 0 Å². The van der Waals surface area contributed by atoms with E-state index in [0.29, 0.717) is 23.4 Å². The van der Waals surface area contributed by atoms with Crippen molar-refractivity contribution in [2.45, 2.75) is 26.4 Å². The Morgan fingerprint density at radius 2 is 1.61 bits per heavy atom. The van der Waals surface area contributed by atoms with Gasteiger partial charge in [-0.2, -0.15) is 0 Å². The number of hydrogen-bond donors (Lipinski definition) is 2. The molecule has 2 aromatic carbocycles. The SMILES string of the molecule is CCOC(=O)COc1ccc(C(=O)C(C)NC(=O)c2ccc(CN)cc2)cc1. The lowest BCUT2D eigenvalue weighted by atomic mass is 10.0. The number of esters is 1. The molecule has 0 heterocycles. The number of Topliss-reactive ketones (excluding diaryl/α,β-unsaturated/α-hetero) is 1. The van der Waals surface area contributed by atoms with Gasteiger partial charge in [-0.15, -0.1) is 0 Å². The van der Waals surface area contributed by atoms with Crippen LogP contribution >= 0.6 is 0 Å². The number of rotatable bonds is 9. The monoisotopic (exact) mass is 384 g/mol. The van der Waals surface area contributed by atoms with E-state index >= 15 is 0 Å². The summed E-state index contributed by atoms with van der Waals surface area (Å²) >= 11 is 0. The van der Waals surface area contributed by atoms with Crippen molar-refractivity contribution in [2.75, 3.05) is 13.2 Å². The van der Waals surface area contributed by atoms with Crippen LogP contribution in [0.1, 0.15) is 40.1 Å². The van der Waals surface area contributed by atoms with Gasteiger partial charge in [0, 0.05) is 17.7 Å². The molecular weight excluding hydrogens is 360 g/mol. The molecule has 3 N–H and O–H groups in total. The fraction of sp³-hybridized carbons (Fsp3) is 0.286. The maximum atomic E-state index is 12.5. The average molecular weight is 384 g/mol. The van der Waals surface area contributed by atoms with E-state index < -0.39 is 12.0 Å². The van der Waals surface area contributed by atoms with Crippen LogP contribution in [0.25, 0.3) is 0 Å². The molecule has 1 amide bonds. The molecule has 7 heteroatoms. The second kappa shape index (κ2) is 10.2. The van der Waals surface area contributed by atoms with Crippen LogP contribution in [0.4, 0.5) is 0 Å². The zero-order valence-corrected chi connectivity index (χ0v) is 15.9. The highest BCUT2D eigenvalue weighted by molar-refractivity contribution is 6.04. The molecule has 0 radical (unpaired) electrons. The van der Waals surface area contributed by atoms with Gasteiger partial charge in [-0.1, -0.05) is 12.1 Å². The Labute approximate surface area is 163 Å². The number of nitrogens with one attached hydrogen (secondary N) is 1. The highest BCUT2D eigenvalue weighted by Gasteiger charge is 2.18. The van der Waals surface area contributed by atoms with Gasteiger partial charge in [0.1, 0.15) is 5.75 Å².